The summed E-state index contributed by atoms with van der Waals surface area (Å²) in [6.45, 7) is 9.23. The molecule has 1 saturated heterocycles. The average molecular weight is 304 g/mol. The van der Waals surface area contributed by atoms with Gasteiger partial charge < -0.3 is 0 Å². The molecule has 1 aliphatic heterocycles. The van der Waals surface area contributed by atoms with Crippen molar-refractivity contribution in [2.75, 3.05) is 13.1 Å². The molecule has 1 aromatic carbocycles. The lowest BCUT2D eigenvalue weighted by atomic mass is 9.81. The molecule has 1 heterocycles. The fourth-order valence-electron chi connectivity index (χ4n) is 2.95. The maximum absolute atomic E-state index is 2.43. The molecule has 0 N–H and O–H groups in total. The van der Waals surface area contributed by atoms with Crippen LogP contribution in [0, 0.1) is 5.41 Å². The summed E-state index contributed by atoms with van der Waals surface area (Å²) >= 11 is 0. The molecule has 1 aromatic rings. The second-order valence-corrected chi connectivity index (χ2v) is 7.30. The van der Waals surface area contributed by atoms with E-state index in [-0.39, 0.29) is 5.41 Å². The molecule has 0 saturated carbocycles. The zero-order valence-corrected chi connectivity index (χ0v) is 14.4. The lowest BCUT2D eigenvalue weighted by molar-refractivity contribution is -0.582. The van der Waals surface area contributed by atoms with Gasteiger partial charge in [0.15, 0.2) is 5.71 Å². The molecule has 0 bridgehead atoms. The molecule has 1 fully saturated rings. The van der Waals surface area contributed by atoms with Gasteiger partial charge >= 0.3 is 0 Å². The Hall–Kier alpha value is -2.15. The number of rotatable bonds is 2. The van der Waals surface area contributed by atoms with Crippen molar-refractivity contribution in [1.82, 2.24) is 0 Å². The quantitative estimate of drug-likeness (QED) is 0.674. The van der Waals surface area contributed by atoms with Crippen molar-refractivity contribution in [3.63, 3.8) is 0 Å². The third kappa shape index (κ3) is 3.79. The Morgan fingerprint density at radius 1 is 0.957 bits per heavy atom. The molecule has 0 spiro atoms. The number of benzene rings is 1. The Kier molecular flexibility index (Phi) is 4.47. The Balaban J connectivity index is 1.91. The smallest absolute Gasteiger partial charge is 0.199 e. The van der Waals surface area contributed by atoms with Gasteiger partial charge in [-0.15, -0.1) is 0 Å². The van der Waals surface area contributed by atoms with Crippen molar-refractivity contribution < 1.29 is 4.58 Å². The van der Waals surface area contributed by atoms with Gasteiger partial charge in [-0.25, -0.2) is 4.58 Å². The molecule has 3 rings (SSSR count). The first kappa shape index (κ1) is 15.7. The zero-order chi connectivity index (χ0) is 16.3. The first-order valence-electron chi connectivity index (χ1n) is 8.50. The summed E-state index contributed by atoms with van der Waals surface area (Å²) in [6, 6.07) is 10.5. The van der Waals surface area contributed by atoms with Crippen molar-refractivity contribution in [3.8, 4) is 0 Å². The predicted molar refractivity (Wildman–Crippen MR) is 99.9 cm³/mol. The molecule has 0 radical (unpaired) electrons. The van der Waals surface area contributed by atoms with Gasteiger partial charge in [0.2, 0.25) is 0 Å². The van der Waals surface area contributed by atoms with E-state index < -0.39 is 0 Å². The standard InChI is InChI=1S/C22H26N/c1-22(2,3)21(15-10-18-8-5-4-6-9-18)19-11-13-20(14-12-19)23-16-7-17-23/h4-6,8-15H,7,16-17H2,1-3H3/q+1. The normalized spacial score (nSPS) is 17.8. The molecule has 118 valence electrons. The molecule has 2 aliphatic rings. The topological polar surface area (TPSA) is 3.01 Å². The van der Waals surface area contributed by atoms with Gasteiger partial charge in [0, 0.05) is 12.2 Å². The maximum Gasteiger partial charge on any atom is 0.199 e. The Bertz CT molecular complexity index is 695. The van der Waals surface area contributed by atoms with Crippen LogP contribution in [0.1, 0.15) is 32.8 Å². The monoisotopic (exact) mass is 304 g/mol. The third-order valence-electron chi connectivity index (χ3n) is 4.45. The van der Waals surface area contributed by atoms with Crippen LogP contribution in [0.4, 0.5) is 0 Å². The van der Waals surface area contributed by atoms with Gasteiger partial charge in [0.25, 0.3) is 0 Å². The highest BCUT2D eigenvalue weighted by Gasteiger charge is 2.22. The lowest BCUT2D eigenvalue weighted by Crippen LogP contribution is -2.32. The van der Waals surface area contributed by atoms with Crippen LogP contribution in [-0.2, 0) is 0 Å². The van der Waals surface area contributed by atoms with Crippen molar-refractivity contribution in [2.24, 2.45) is 5.41 Å². The summed E-state index contributed by atoms with van der Waals surface area (Å²) in [7, 11) is 0. The summed E-state index contributed by atoms with van der Waals surface area (Å²) < 4.78 is 2.43. The highest BCUT2D eigenvalue weighted by atomic mass is 15.1. The van der Waals surface area contributed by atoms with E-state index in [2.05, 4.69) is 92.1 Å². The Labute approximate surface area is 140 Å². The van der Waals surface area contributed by atoms with Gasteiger partial charge in [-0.05, 0) is 34.3 Å². The fourth-order valence-corrected chi connectivity index (χ4v) is 2.95. The van der Waals surface area contributed by atoms with Crippen molar-refractivity contribution in [2.45, 2.75) is 27.2 Å². The first-order chi connectivity index (χ1) is 11.0. The minimum absolute atomic E-state index is 0.115. The van der Waals surface area contributed by atoms with Crippen LogP contribution in [0.15, 0.2) is 71.9 Å². The van der Waals surface area contributed by atoms with E-state index in [0.29, 0.717) is 0 Å². The van der Waals surface area contributed by atoms with Crippen molar-refractivity contribution >= 4 is 11.8 Å². The van der Waals surface area contributed by atoms with Gasteiger partial charge in [-0.3, -0.25) is 0 Å². The van der Waals surface area contributed by atoms with Crippen molar-refractivity contribution in [1.29, 1.82) is 0 Å². The maximum atomic E-state index is 2.43. The average Bonchev–Trinajstić information content (AvgIpc) is 2.47. The van der Waals surface area contributed by atoms with Gasteiger partial charge in [0.1, 0.15) is 13.1 Å². The van der Waals surface area contributed by atoms with E-state index in [0.717, 1.165) is 0 Å². The number of allylic oxidation sites excluding steroid dienone is 7. The zero-order valence-electron chi connectivity index (χ0n) is 14.4. The van der Waals surface area contributed by atoms with Crippen LogP contribution in [0.5, 0.6) is 0 Å². The third-order valence-corrected chi connectivity index (χ3v) is 4.45. The lowest BCUT2D eigenvalue weighted by Gasteiger charge is -2.23. The minimum atomic E-state index is 0.115. The highest BCUT2D eigenvalue weighted by molar-refractivity contribution is 6.02. The van der Waals surface area contributed by atoms with Crippen LogP contribution in [0.3, 0.4) is 0 Å². The summed E-state index contributed by atoms with van der Waals surface area (Å²) in [5.74, 6) is 0. The molecular formula is C22H26N+. The number of nitrogens with zero attached hydrogens (tertiary/aromatic N) is 1. The predicted octanol–water partition coefficient (Wildman–Crippen LogP) is 5.03. The second-order valence-electron chi connectivity index (χ2n) is 7.30. The van der Waals surface area contributed by atoms with Crippen LogP contribution in [0.25, 0.3) is 6.08 Å². The molecule has 0 unspecified atom stereocenters. The summed E-state index contributed by atoms with van der Waals surface area (Å²) in [5, 5.41) is 0. The minimum Gasteiger partial charge on any atom is -0.229 e. The summed E-state index contributed by atoms with van der Waals surface area (Å²) in [5.41, 5.74) is 5.39. The number of hydrogen-bond acceptors (Lipinski definition) is 0. The van der Waals surface area contributed by atoms with E-state index in [9.17, 15) is 0 Å². The van der Waals surface area contributed by atoms with Gasteiger partial charge in [-0.2, -0.15) is 0 Å². The molecular weight excluding hydrogens is 278 g/mol. The molecule has 0 amide bonds. The van der Waals surface area contributed by atoms with E-state index >= 15 is 0 Å². The Morgan fingerprint density at radius 3 is 2.13 bits per heavy atom. The molecule has 1 aliphatic carbocycles. The van der Waals surface area contributed by atoms with Gasteiger partial charge in [0.05, 0.1) is 6.42 Å². The molecule has 1 nitrogen and oxygen atoms in total. The fraction of sp³-hybridized carbons (Fsp3) is 0.318. The van der Waals surface area contributed by atoms with Crippen LogP contribution < -0.4 is 0 Å². The van der Waals surface area contributed by atoms with E-state index in [1.54, 1.807) is 0 Å². The van der Waals surface area contributed by atoms with Crippen LogP contribution in [-0.4, -0.2) is 23.4 Å². The van der Waals surface area contributed by atoms with Gasteiger partial charge in [-0.1, -0.05) is 63.3 Å². The number of hydrogen-bond donors (Lipinski definition) is 0. The van der Waals surface area contributed by atoms with Crippen LogP contribution in [0.2, 0.25) is 0 Å². The largest absolute Gasteiger partial charge is 0.229 e. The SMILES string of the molecule is CC(C)(C)C(C=Cc1ccccc1)=C1C=CC(=[N+]2CCC2)C=C1. The summed E-state index contributed by atoms with van der Waals surface area (Å²) in [6.07, 6.45) is 14.9. The highest BCUT2D eigenvalue weighted by Crippen LogP contribution is 2.32. The Morgan fingerprint density at radius 2 is 1.61 bits per heavy atom. The molecule has 0 aromatic heterocycles. The second kappa shape index (κ2) is 6.54. The van der Waals surface area contributed by atoms with Crippen molar-refractivity contribution in [3.05, 3.63) is 77.4 Å². The molecule has 1 heteroatoms. The molecule has 23 heavy (non-hydrogen) atoms. The van der Waals surface area contributed by atoms with E-state index in [4.69, 9.17) is 0 Å². The van der Waals surface area contributed by atoms with E-state index in [1.165, 1.54) is 41.9 Å². The summed E-state index contributed by atoms with van der Waals surface area (Å²) in [4.78, 5) is 0. The van der Waals surface area contributed by atoms with Crippen LogP contribution >= 0.6 is 0 Å². The first-order valence-corrected chi connectivity index (χ1v) is 8.50. The molecule has 0 atom stereocenters. The van der Waals surface area contributed by atoms with E-state index in [1.807, 2.05) is 0 Å².